The van der Waals surface area contributed by atoms with Gasteiger partial charge in [-0.05, 0) is 12.3 Å². The van der Waals surface area contributed by atoms with E-state index in [4.69, 9.17) is 4.74 Å². The van der Waals surface area contributed by atoms with Gasteiger partial charge in [-0.1, -0.05) is 56.7 Å². The number of methoxy groups -OCH3 is 1. The summed E-state index contributed by atoms with van der Waals surface area (Å²) in [4.78, 5) is 11.7. The maximum Gasteiger partial charge on any atom is 0.319 e. The van der Waals surface area contributed by atoms with E-state index in [1.54, 1.807) is 0 Å². The van der Waals surface area contributed by atoms with E-state index in [9.17, 15) is 4.79 Å². The Bertz CT molecular complexity index is 410. The minimum absolute atomic E-state index is 0.185. The number of nitrogens with zero attached hydrogens (tertiary/aromatic N) is 2. The minimum Gasteiger partial charge on any atom is -0.468 e. The summed E-state index contributed by atoms with van der Waals surface area (Å²) in [6.45, 7) is 7.26. The van der Waals surface area contributed by atoms with Crippen molar-refractivity contribution in [3.05, 3.63) is 0 Å². The number of esters is 1. The zero-order valence-corrected chi connectivity index (χ0v) is 14.1. The van der Waals surface area contributed by atoms with Crippen LogP contribution in [0.1, 0.15) is 40.0 Å². The molecule has 7 heteroatoms. The number of anilines is 1. The molecule has 0 radical (unpaired) electrons. The predicted octanol–water partition coefficient (Wildman–Crippen LogP) is 3.43. The van der Waals surface area contributed by atoms with Gasteiger partial charge in [0.2, 0.25) is 5.13 Å². The maximum atomic E-state index is 11.7. The van der Waals surface area contributed by atoms with Gasteiger partial charge in [-0.2, -0.15) is 0 Å². The average molecular weight is 317 g/mol. The number of unbranched alkanes of at least 4 members (excludes halogenated alkanes) is 1. The first-order valence-corrected chi connectivity index (χ1v) is 8.58. The van der Waals surface area contributed by atoms with E-state index in [-0.39, 0.29) is 11.2 Å². The molecule has 1 atom stereocenters. The molecule has 0 aliphatic heterocycles. The Morgan fingerprint density at radius 3 is 2.80 bits per heavy atom. The summed E-state index contributed by atoms with van der Waals surface area (Å²) in [5.41, 5.74) is 0. The number of ether oxygens (including phenoxy) is 1. The van der Waals surface area contributed by atoms with Crippen molar-refractivity contribution in [2.45, 2.75) is 49.6 Å². The molecule has 1 N–H and O–H groups in total. The Balaban J connectivity index is 2.57. The van der Waals surface area contributed by atoms with Gasteiger partial charge in [0.05, 0.1) is 7.11 Å². The number of rotatable bonds is 9. The van der Waals surface area contributed by atoms with Crippen LogP contribution in [0.15, 0.2) is 4.34 Å². The van der Waals surface area contributed by atoms with E-state index in [0.717, 1.165) is 35.3 Å². The Kier molecular flexibility index (Phi) is 7.91. The number of thioether (sulfide) groups is 1. The number of carbonyl (C=O) groups is 1. The molecule has 5 nitrogen and oxygen atoms in total. The van der Waals surface area contributed by atoms with Crippen LogP contribution in [0.3, 0.4) is 0 Å². The minimum atomic E-state index is -0.189. The lowest BCUT2D eigenvalue weighted by molar-refractivity contribution is -0.140. The quantitative estimate of drug-likeness (QED) is 0.556. The zero-order valence-electron chi connectivity index (χ0n) is 12.5. The van der Waals surface area contributed by atoms with E-state index >= 15 is 0 Å². The smallest absolute Gasteiger partial charge is 0.319 e. The van der Waals surface area contributed by atoms with Crippen molar-refractivity contribution in [1.82, 2.24) is 10.2 Å². The molecule has 0 aliphatic rings. The maximum absolute atomic E-state index is 11.7. The van der Waals surface area contributed by atoms with E-state index < -0.39 is 0 Å². The fourth-order valence-corrected chi connectivity index (χ4v) is 3.56. The first-order valence-electron chi connectivity index (χ1n) is 6.88. The van der Waals surface area contributed by atoms with Crippen LogP contribution in [0.5, 0.6) is 0 Å². The van der Waals surface area contributed by atoms with Crippen molar-refractivity contribution < 1.29 is 9.53 Å². The Morgan fingerprint density at radius 1 is 1.45 bits per heavy atom. The van der Waals surface area contributed by atoms with Gasteiger partial charge in [-0.15, -0.1) is 10.2 Å². The second kappa shape index (κ2) is 9.18. The van der Waals surface area contributed by atoms with Crippen molar-refractivity contribution in [3.8, 4) is 0 Å². The van der Waals surface area contributed by atoms with Gasteiger partial charge in [0.15, 0.2) is 4.34 Å². The van der Waals surface area contributed by atoms with Crippen molar-refractivity contribution >= 4 is 34.2 Å². The number of hydrogen-bond acceptors (Lipinski definition) is 7. The van der Waals surface area contributed by atoms with E-state index in [2.05, 4.69) is 36.3 Å². The fourth-order valence-electron chi connectivity index (χ4n) is 1.49. The number of carbonyl (C=O) groups excluding carboxylic acids is 1. The summed E-state index contributed by atoms with van der Waals surface area (Å²) < 4.78 is 5.66. The fraction of sp³-hybridized carbons (Fsp3) is 0.769. The van der Waals surface area contributed by atoms with Crippen LogP contribution in [0.4, 0.5) is 5.13 Å². The lowest BCUT2D eigenvalue weighted by Crippen LogP contribution is -2.18. The van der Waals surface area contributed by atoms with Gasteiger partial charge in [-0.3, -0.25) is 4.79 Å². The summed E-state index contributed by atoms with van der Waals surface area (Å²) >= 11 is 2.93. The van der Waals surface area contributed by atoms with Crippen LogP contribution >= 0.6 is 23.1 Å². The van der Waals surface area contributed by atoms with Gasteiger partial charge < -0.3 is 10.1 Å². The Hall–Kier alpha value is -0.820. The van der Waals surface area contributed by atoms with Gasteiger partial charge in [-0.25, -0.2) is 0 Å². The lowest BCUT2D eigenvalue weighted by atomic mass is 10.2. The van der Waals surface area contributed by atoms with Gasteiger partial charge in [0.25, 0.3) is 0 Å². The molecule has 0 saturated carbocycles. The predicted molar refractivity (Wildman–Crippen MR) is 84.4 cm³/mol. The standard InChI is InChI=1S/C13H23N3O2S2/c1-5-6-7-10(11(17)18-4)19-13-16-15-12(20-13)14-8-9(2)3/h9-10H,5-8H2,1-4H3,(H,14,15). The van der Waals surface area contributed by atoms with Crippen molar-refractivity contribution in [3.63, 3.8) is 0 Å². The monoisotopic (exact) mass is 317 g/mol. The van der Waals surface area contributed by atoms with Crippen LogP contribution in [0.2, 0.25) is 0 Å². The zero-order chi connectivity index (χ0) is 15.0. The molecule has 1 rings (SSSR count). The van der Waals surface area contributed by atoms with Crippen LogP contribution < -0.4 is 5.32 Å². The molecule has 0 saturated heterocycles. The van der Waals surface area contributed by atoms with Gasteiger partial charge in [0, 0.05) is 6.54 Å². The summed E-state index contributed by atoms with van der Waals surface area (Å²) in [5, 5.41) is 12.1. The normalized spacial score (nSPS) is 12.4. The van der Waals surface area contributed by atoms with Crippen LogP contribution in [-0.2, 0) is 9.53 Å². The highest BCUT2D eigenvalue weighted by Gasteiger charge is 2.22. The second-order valence-electron chi connectivity index (χ2n) is 4.92. The molecule has 1 aromatic rings. The topological polar surface area (TPSA) is 64.1 Å². The first kappa shape index (κ1) is 17.2. The Morgan fingerprint density at radius 2 is 2.20 bits per heavy atom. The number of hydrogen-bond donors (Lipinski definition) is 1. The molecule has 0 spiro atoms. The molecule has 1 unspecified atom stereocenters. The van der Waals surface area contributed by atoms with Crippen LogP contribution in [0.25, 0.3) is 0 Å². The molecular formula is C13H23N3O2S2. The molecule has 20 heavy (non-hydrogen) atoms. The summed E-state index contributed by atoms with van der Waals surface area (Å²) in [5.74, 6) is 0.373. The van der Waals surface area contributed by atoms with E-state index in [1.165, 1.54) is 30.2 Å². The first-order chi connectivity index (χ1) is 9.56. The third-order valence-corrected chi connectivity index (χ3v) is 4.81. The molecule has 0 aliphatic carbocycles. The van der Waals surface area contributed by atoms with Crippen LogP contribution in [-0.4, -0.2) is 35.1 Å². The van der Waals surface area contributed by atoms with Crippen molar-refractivity contribution in [1.29, 1.82) is 0 Å². The number of aromatic nitrogens is 2. The lowest BCUT2D eigenvalue weighted by Gasteiger charge is -2.11. The third kappa shape index (κ3) is 6.09. The van der Waals surface area contributed by atoms with Gasteiger partial charge in [0.1, 0.15) is 5.25 Å². The van der Waals surface area contributed by atoms with E-state index in [0.29, 0.717) is 5.92 Å². The Labute approximate surface area is 128 Å². The highest BCUT2D eigenvalue weighted by atomic mass is 32.2. The molecule has 114 valence electrons. The molecule has 1 aromatic heterocycles. The van der Waals surface area contributed by atoms with Crippen molar-refractivity contribution in [2.75, 3.05) is 19.0 Å². The van der Waals surface area contributed by atoms with Crippen molar-refractivity contribution in [2.24, 2.45) is 5.92 Å². The van der Waals surface area contributed by atoms with E-state index in [1.807, 2.05) is 0 Å². The summed E-state index contributed by atoms with van der Waals surface area (Å²) in [6.07, 6.45) is 2.87. The summed E-state index contributed by atoms with van der Waals surface area (Å²) in [6, 6.07) is 0. The molecule has 0 amide bonds. The summed E-state index contributed by atoms with van der Waals surface area (Å²) in [7, 11) is 1.43. The highest BCUT2D eigenvalue weighted by Crippen LogP contribution is 2.31. The molecule has 0 aromatic carbocycles. The molecule has 0 bridgehead atoms. The highest BCUT2D eigenvalue weighted by molar-refractivity contribution is 8.02. The molecule has 0 fully saturated rings. The largest absolute Gasteiger partial charge is 0.468 e. The third-order valence-electron chi connectivity index (χ3n) is 2.60. The molecular weight excluding hydrogens is 294 g/mol. The SMILES string of the molecule is CCCCC(Sc1nnc(NCC(C)C)s1)C(=O)OC. The van der Waals surface area contributed by atoms with Crippen LogP contribution in [0, 0.1) is 5.92 Å². The second-order valence-corrected chi connectivity index (χ2v) is 7.35. The molecule has 1 heterocycles. The van der Waals surface area contributed by atoms with Gasteiger partial charge >= 0.3 is 5.97 Å². The average Bonchev–Trinajstić information content (AvgIpc) is 2.88. The number of nitrogens with one attached hydrogen (secondary N) is 1.